The average Bonchev–Trinajstić information content (AvgIpc) is 3.03. The summed E-state index contributed by atoms with van der Waals surface area (Å²) in [6, 6.07) is 4.02. The third kappa shape index (κ3) is 5.30. The molecule has 150 valence electrons. The second-order valence-corrected chi connectivity index (χ2v) is 6.47. The van der Waals surface area contributed by atoms with Crippen molar-refractivity contribution >= 4 is 34.6 Å². The van der Waals surface area contributed by atoms with Crippen molar-refractivity contribution in [2.75, 3.05) is 0 Å². The predicted molar refractivity (Wildman–Crippen MR) is 101 cm³/mol. The highest BCUT2D eigenvalue weighted by Crippen LogP contribution is 2.18. The molecule has 8 N–H and O–H groups in total. The molecule has 3 unspecified atom stereocenters. The minimum absolute atomic E-state index is 0.201. The number of primary amides is 1. The monoisotopic (exact) mass is 389 g/mol. The summed E-state index contributed by atoms with van der Waals surface area (Å²) in [4.78, 5) is 49.8. The molecule has 1 heterocycles. The van der Waals surface area contributed by atoms with Gasteiger partial charge in [-0.15, -0.1) is 0 Å². The number of amides is 3. The first-order valence-corrected chi connectivity index (χ1v) is 8.61. The smallest absolute Gasteiger partial charge is 0.325 e. The Bertz CT molecular complexity index is 893. The lowest BCUT2D eigenvalue weighted by Crippen LogP contribution is -2.55. The summed E-state index contributed by atoms with van der Waals surface area (Å²) in [5.41, 5.74) is 12.8. The second kappa shape index (κ2) is 9.00. The van der Waals surface area contributed by atoms with Gasteiger partial charge in [0.15, 0.2) is 0 Å². The van der Waals surface area contributed by atoms with E-state index in [1.54, 1.807) is 6.20 Å². The van der Waals surface area contributed by atoms with E-state index in [-0.39, 0.29) is 6.42 Å². The van der Waals surface area contributed by atoms with Crippen molar-refractivity contribution in [3.63, 3.8) is 0 Å². The Morgan fingerprint density at radius 1 is 1.14 bits per heavy atom. The molecule has 0 spiro atoms. The summed E-state index contributed by atoms with van der Waals surface area (Å²) in [7, 11) is 0. The van der Waals surface area contributed by atoms with E-state index < -0.39 is 48.2 Å². The SMILES string of the molecule is CC(NC(=O)C(CC(N)=O)NC(=O)C(N)Cc1c[nH]c2ccccc12)C(=O)O. The third-order valence-corrected chi connectivity index (χ3v) is 4.22. The van der Waals surface area contributed by atoms with Crippen molar-refractivity contribution in [1.82, 2.24) is 15.6 Å². The van der Waals surface area contributed by atoms with Crippen molar-refractivity contribution in [3.8, 4) is 0 Å². The van der Waals surface area contributed by atoms with Crippen molar-refractivity contribution < 1.29 is 24.3 Å². The number of para-hydroxylation sites is 1. The number of hydrogen-bond donors (Lipinski definition) is 6. The normalized spacial score (nSPS) is 14.1. The predicted octanol–water partition coefficient (Wildman–Crippen LogP) is -1.01. The molecule has 1 aromatic carbocycles. The zero-order valence-corrected chi connectivity index (χ0v) is 15.3. The standard InChI is InChI=1S/C18H23N5O5/c1-9(18(27)28)22-17(26)14(7-15(20)24)23-16(25)12(19)6-10-8-21-13-5-3-2-4-11(10)13/h2-5,8-9,12,14,21H,6-7,19H2,1H3,(H2,20,24)(H,22,26)(H,23,25)(H,27,28). The van der Waals surface area contributed by atoms with Gasteiger partial charge in [-0.1, -0.05) is 18.2 Å². The molecule has 0 aliphatic heterocycles. The van der Waals surface area contributed by atoms with Gasteiger partial charge in [-0.05, 0) is 25.0 Å². The van der Waals surface area contributed by atoms with Crippen LogP contribution < -0.4 is 22.1 Å². The van der Waals surface area contributed by atoms with Crippen LogP contribution in [-0.2, 0) is 25.6 Å². The quantitative estimate of drug-likeness (QED) is 0.319. The number of aromatic nitrogens is 1. The van der Waals surface area contributed by atoms with E-state index in [1.165, 1.54) is 6.92 Å². The molecule has 2 aromatic rings. The summed E-state index contributed by atoms with van der Waals surface area (Å²) in [5, 5.41) is 14.4. The van der Waals surface area contributed by atoms with E-state index in [2.05, 4.69) is 15.6 Å². The number of nitrogens with two attached hydrogens (primary N) is 2. The van der Waals surface area contributed by atoms with E-state index in [9.17, 15) is 19.2 Å². The molecule has 0 bridgehead atoms. The van der Waals surface area contributed by atoms with Crippen molar-refractivity contribution in [2.45, 2.75) is 37.9 Å². The molecule has 0 fully saturated rings. The lowest BCUT2D eigenvalue weighted by Gasteiger charge is -2.21. The largest absolute Gasteiger partial charge is 0.480 e. The molecule has 0 saturated heterocycles. The van der Waals surface area contributed by atoms with Crippen molar-refractivity contribution in [3.05, 3.63) is 36.0 Å². The molecule has 0 saturated carbocycles. The van der Waals surface area contributed by atoms with Gasteiger partial charge in [0.05, 0.1) is 12.5 Å². The Morgan fingerprint density at radius 3 is 2.46 bits per heavy atom. The molecule has 3 amide bonds. The topological polar surface area (TPSA) is 180 Å². The molecule has 0 radical (unpaired) electrons. The molecule has 0 aliphatic carbocycles. The van der Waals surface area contributed by atoms with Crippen LogP contribution in [0.15, 0.2) is 30.5 Å². The maximum Gasteiger partial charge on any atom is 0.325 e. The third-order valence-electron chi connectivity index (χ3n) is 4.22. The molecular weight excluding hydrogens is 366 g/mol. The maximum atomic E-state index is 12.4. The molecule has 3 atom stereocenters. The number of nitrogens with one attached hydrogen (secondary N) is 3. The van der Waals surface area contributed by atoms with Crippen LogP contribution >= 0.6 is 0 Å². The minimum Gasteiger partial charge on any atom is -0.480 e. The van der Waals surface area contributed by atoms with Crippen LogP contribution in [0.25, 0.3) is 10.9 Å². The number of rotatable bonds is 9. The fourth-order valence-corrected chi connectivity index (χ4v) is 2.70. The van der Waals surface area contributed by atoms with Crippen LogP contribution in [-0.4, -0.2) is 51.9 Å². The second-order valence-electron chi connectivity index (χ2n) is 6.47. The highest BCUT2D eigenvalue weighted by Gasteiger charge is 2.27. The number of benzene rings is 1. The number of aliphatic carboxylic acids is 1. The Hall–Kier alpha value is -3.40. The lowest BCUT2D eigenvalue weighted by atomic mass is 10.0. The van der Waals surface area contributed by atoms with E-state index >= 15 is 0 Å². The lowest BCUT2D eigenvalue weighted by molar-refractivity contribution is -0.141. The average molecular weight is 389 g/mol. The van der Waals surface area contributed by atoms with E-state index in [0.717, 1.165) is 16.5 Å². The zero-order valence-electron chi connectivity index (χ0n) is 15.3. The maximum absolute atomic E-state index is 12.4. The van der Waals surface area contributed by atoms with Gasteiger partial charge in [-0.2, -0.15) is 0 Å². The first kappa shape index (κ1) is 20.9. The number of aromatic amines is 1. The van der Waals surface area contributed by atoms with Gasteiger partial charge in [0, 0.05) is 17.1 Å². The molecule has 1 aromatic heterocycles. The van der Waals surface area contributed by atoms with Crippen LogP contribution in [0, 0.1) is 0 Å². The molecule has 10 heteroatoms. The summed E-state index contributed by atoms with van der Waals surface area (Å²) in [5.74, 6) is -3.57. The van der Waals surface area contributed by atoms with E-state index in [0.29, 0.717) is 0 Å². The van der Waals surface area contributed by atoms with Gasteiger partial charge in [-0.25, -0.2) is 0 Å². The van der Waals surface area contributed by atoms with E-state index in [1.807, 2.05) is 24.3 Å². The van der Waals surface area contributed by atoms with Crippen molar-refractivity contribution in [2.24, 2.45) is 11.5 Å². The Morgan fingerprint density at radius 2 is 1.82 bits per heavy atom. The molecular formula is C18H23N5O5. The highest BCUT2D eigenvalue weighted by molar-refractivity contribution is 5.94. The van der Waals surface area contributed by atoms with Crippen molar-refractivity contribution in [1.29, 1.82) is 0 Å². The number of carboxylic acid groups (broad SMARTS) is 1. The zero-order chi connectivity index (χ0) is 20.8. The number of hydrogen-bond acceptors (Lipinski definition) is 5. The minimum atomic E-state index is -1.32. The molecule has 0 aliphatic rings. The Kier molecular flexibility index (Phi) is 6.72. The highest BCUT2D eigenvalue weighted by atomic mass is 16.4. The number of carbonyl (C=O) groups excluding carboxylic acids is 3. The molecule has 10 nitrogen and oxygen atoms in total. The Labute approximate surface area is 160 Å². The van der Waals surface area contributed by atoms with Crippen LogP contribution in [0.3, 0.4) is 0 Å². The number of H-pyrrole nitrogens is 1. The summed E-state index contributed by atoms with van der Waals surface area (Å²) in [6.07, 6.45) is 1.47. The number of carboxylic acids is 1. The first-order valence-electron chi connectivity index (χ1n) is 8.61. The summed E-state index contributed by atoms with van der Waals surface area (Å²) >= 11 is 0. The van der Waals surface area contributed by atoms with Gasteiger partial charge < -0.3 is 32.2 Å². The first-order chi connectivity index (χ1) is 13.2. The van der Waals surface area contributed by atoms with Crippen LogP contribution in [0.5, 0.6) is 0 Å². The Balaban J connectivity index is 2.05. The molecule has 28 heavy (non-hydrogen) atoms. The van der Waals surface area contributed by atoms with Gasteiger partial charge in [0.2, 0.25) is 17.7 Å². The van der Waals surface area contributed by atoms with Gasteiger partial charge in [0.25, 0.3) is 0 Å². The fourth-order valence-electron chi connectivity index (χ4n) is 2.70. The van der Waals surface area contributed by atoms with Gasteiger partial charge in [0.1, 0.15) is 12.1 Å². The fraction of sp³-hybridized carbons (Fsp3) is 0.333. The summed E-state index contributed by atoms with van der Waals surface area (Å²) in [6.45, 7) is 1.26. The van der Waals surface area contributed by atoms with Crippen LogP contribution in [0.4, 0.5) is 0 Å². The van der Waals surface area contributed by atoms with Crippen LogP contribution in [0.2, 0.25) is 0 Å². The van der Waals surface area contributed by atoms with Crippen LogP contribution in [0.1, 0.15) is 18.9 Å². The molecule has 2 rings (SSSR count). The van der Waals surface area contributed by atoms with Gasteiger partial charge in [-0.3, -0.25) is 19.2 Å². The van der Waals surface area contributed by atoms with E-state index in [4.69, 9.17) is 16.6 Å². The van der Waals surface area contributed by atoms with Gasteiger partial charge >= 0.3 is 5.97 Å². The summed E-state index contributed by atoms with van der Waals surface area (Å²) < 4.78 is 0. The number of fused-ring (bicyclic) bond motifs is 1. The number of carbonyl (C=O) groups is 4.